The van der Waals surface area contributed by atoms with Crippen LogP contribution in [0.1, 0.15) is 78.1 Å². The molecule has 1 atom stereocenters. The van der Waals surface area contributed by atoms with Crippen LogP contribution in [0.3, 0.4) is 0 Å². The third-order valence-electron chi connectivity index (χ3n) is 13.7. The molecule has 2 aromatic carbocycles. The number of β-amino-alcohol motifs (C(OH)–C–C–N with tert-alkyl or cyclic N) is 1. The molecule has 5 aliphatic rings. The van der Waals surface area contributed by atoms with Crippen LogP contribution in [-0.4, -0.2) is 94.4 Å². The van der Waals surface area contributed by atoms with Crippen molar-refractivity contribution >= 4 is 29.2 Å². The molecule has 294 valence electrons. The Morgan fingerprint density at radius 2 is 1.71 bits per heavy atom. The number of anilines is 1. The molecule has 3 aliphatic heterocycles. The minimum Gasteiger partial charge on any atom is -0.481 e. The summed E-state index contributed by atoms with van der Waals surface area (Å²) in [6, 6.07) is 16.1. The van der Waals surface area contributed by atoms with Crippen LogP contribution in [0.25, 0.3) is 22.4 Å². The van der Waals surface area contributed by atoms with Gasteiger partial charge in [0.15, 0.2) is 5.82 Å². The summed E-state index contributed by atoms with van der Waals surface area (Å²) < 4.78 is 12.9. The first-order valence-corrected chi connectivity index (χ1v) is 20.5. The van der Waals surface area contributed by atoms with Gasteiger partial charge in [-0.3, -0.25) is 19.4 Å². The van der Waals surface area contributed by atoms with Gasteiger partial charge in [-0.15, -0.1) is 0 Å². The first kappa shape index (κ1) is 37.3. The van der Waals surface area contributed by atoms with Gasteiger partial charge < -0.3 is 24.0 Å². The van der Waals surface area contributed by atoms with Gasteiger partial charge in [0.25, 0.3) is 5.91 Å². The Morgan fingerprint density at radius 3 is 2.48 bits per heavy atom. The zero-order chi connectivity index (χ0) is 38.8. The molecule has 0 unspecified atom stereocenters. The molecular weight excluding hydrogens is 728 g/mol. The maximum Gasteiger partial charge on any atom is 0.311 e. The summed E-state index contributed by atoms with van der Waals surface area (Å²) in [7, 11) is 5.12. The Kier molecular flexibility index (Phi) is 9.71. The van der Waals surface area contributed by atoms with Crippen molar-refractivity contribution in [1.82, 2.24) is 24.3 Å². The predicted octanol–water partition coefficient (Wildman–Crippen LogP) is 6.45. The van der Waals surface area contributed by atoms with Gasteiger partial charge >= 0.3 is 5.97 Å². The molecule has 1 saturated heterocycles. The van der Waals surface area contributed by atoms with Crippen LogP contribution in [0.2, 0.25) is 5.02 Å². The number of aromatic nitrogens is 3. The molecule has 2 aromatic heterocycles. The van der Waals surface area contributed by atoms with Gasteiger partial charge in [0.05, 0.1) is 42.1 Å². The van der Waals surface area contributed by atoms with Gasteiger partial charge in [0, 0.05) is 80.8 Å². The zero-order valence-electron chi connectivity index (χ0n) is 32.7. The van der Waals surface area contributed by atoms with E-state index in [4.69, 9.17) is 31.0 Å². The molecule has 0 radical (unpaired) electrons. The smallest absolute Gasteiger partial charge is 0.311 e. The molecule has 5 heterocycles. The van der Waals surface area contributed by atoms with Crippen LogP contribution in [0.15, 0.2) is 48.5 Å². The molecule has 3 fully saturated rings. The van der Waals surface area contributed by atoms with Crippen molar-refractivity contribution in [3.8, 4) is 28.3 Å². The highest BCUT2D eigenvalue weighted by Gasteiger charge is 2.58. The number of aliphatic hydroxyl groups is 1. The van der Waals surface area contributed by atoms with Crippen LogP contribution in [0.4, 0.5) is 5.69 Å². The molecular formula is C44H51ClN6O5. The van der Waals surface area contributed by atoms with Crippen LogP contribution >= 0.6 is 11.6 Å². The van der Waals surface area contributed by atoms with Gasteiger partial charge in [0.2, 0.25) is 5.88 Å². The first-order valence-electron chi connectivity index (χ1n) is 20.1. The van der Waals surface area contributed by atoms with Crippen LogP contribution in [0, 0.1) is 10.8 Å². The lowest BCUT2D eigenvalue weighted by atomic mass is 9.80. The fraction of sp³-hybridized carbons (Fsp3) is 0.500. The predicted molar refractivity (Wildman–Crippen MR) is 215 cm³/mol. The highest BCUT2D eigenvalue weighted by atomic mass is 35.5. The second-order valence-electron chi connectivity index (χ2n) is 16.8. The number of rotatable bonds is 10. The third kappa shape index (κ3) is 6.40. The van der Waals surface area contributed by atoms with E-state index in [1.807, 2.05) is 59.0 Å². The van der Waals surface area contributed by atoms with Gasteiger partial charge in [-0.05, 0) is 86.6 Å². The molecule has 12 heteroatoms. The highest BCUT2D eigenvalue weighted by molar-refractivity contribution is 6.36. The fourth-order valence-corrected chi connectivity index (χ4v) is 10.9. The average molecular weight is 779 g/mol. The maximum absolute atomic E-state index is 14.3. The lowest BCUT2D eigenvalue weighted by Crippen LogP contribution is -2.34. The minimum atomic E-state index is -0.288. The van der Waals surface area contributed by atoms with Gasteiger partial charge in [-0.1, -0.05) is 48.0 Å². The Morgan fingerprint density at radius 1 is 0.929 bits per heavy atom. The topological polar surface area (TPSA) is 113 Å². The van der Waals surface area contributed by atoms with Crippen molar-refractivity contribution in [3.05, 3.63) is 81.9 Å². The van der Waals surface area contributed by atoms with Crippen molar-refractivity contribution in [3.63, 3.8) is 0 Å². The molecule has 9 rings (SSSR count). The highest BCUT2D eigenvalue weighted by Crippen LogP contribution is 2.63. The second kappa shape index (κ2) is 14.6. The Balaban J connectivity index is 0.912. The van der Waals surface area contributed by atoms with E-state index in [1.165, 1.54) is 7.11 Å². The first-order chi connectivity index (χ1) is 27.1. The Hall–Kier alpha value is -4.29. The summed E-state index contributed by atoms with van der Waals surface area (Å²) >= 11 is 7.22. The van der Waals surface area contributed by atoms with Crippen molar-refractivity contribution in [2.24, 2.45) is 17.9 Å². The summed E-state index contributed by atoms with van der Waals surface area (Å²) in [5.74, 6) is 0.925. The molecule has 1 N–H and O–H groups in total. The lowest BCUT2D eigenvalue weighted by Gasteiger charge is -2.32. The van der Waals surface area contributed by atoms with E-state index >= 15 is 0 Å². The molecule has 56 heavy (non-hydrogen) atoms. The monoisotopic (exact) mass is 778 g/mol. The number of likely N-dealkylation sites (tertiary alicyclic amines) is 1. The second-order valence-corrected chi connectivity index (χ2v) is 17.2. The van der Waals surface area contributed by atoms with Gasteiger partial charge in [-0.2, -0.15) is 0 Å². The third-order valence-corrected chi connectivity index (χ3v) is 14.1. The standard InChI is InChI=1S/C44H51ClN6O5/c1-48-37-14-21-49(23-19-43-15-17-44(27-43,18-16-43)42(54)56-3)26-35(37)46-39(48)41(53)51-22-13-31-30(6-5-9-36(31)51)32-7-4-8-33(38(32)45)34-11-10-28(40(47-34)55-2)24-50-20-12-29(52)25-50/h4-11,29,52H,12-27H2,1-3H3/t29-,43?,44?/m1/s1. The van der Waals surface area contributed by atoms with Gasteiger partial charge in [0.1, 0.15) is 0 Å². The largest absolute Gasteiger partial charge is 0.481 e. The number of amides is 1. The van der Waals surface area contributed by atoms with Crippen LogP contribution in [-0.2, 0) is 42.5 Å². The molecule has 11 nitrogen and oxygen atoms in total. The van der Waals surface area contributed by atoms with Crippen molar-refractivity contribution in [1.29, 1.82) is 0 Å². The van der Waals surface area contributed by atoms with Gasteiger partial charge in [-0.25, -0.2) is 9.97 Å². The number of benzene rings is 2. The molecule has 2 aliphatic carbocycles. The van der Waals surface area contributed by atoms with Crippen molar-refractivity contribution in [2.75, 3.05) is 51.8 Å². The van der Waals surface area contributed by atoms with E-state index in [0.717, 1.165) is 128 Å². The van der Waals surface area contributed by atoms with E-state index in [2.05, 4.69) is 15.9 Å². The Labute approximate surface area is 333 Å². The van der Waals surface area contributed by atoms with Crippen molar-refractivity contribution < 1.29 is 24.2 Å². The normalized spacial score (nSPS) is 24.4. The van der Waals surface area contributed by atoms with Crippen LogP contribution in [0.5, 0.6) is 5.88 Å². The molecule has 4 aromatic rings. The van der Waals surface area contributed by atoms with Crippen LogP contribution < -0.4 is 9.64 Å². The van der Waals surface area contributed by atoms with Crippen molar-refractivity contribution in [2.45, 2.75) is 77.0 Å². The molecule has 2 saturated carbocycles. The van der Waals surface area contributed by atoms with E-state index in [9.17, 15) is 14.7 Å². The summed E-state index contributed by atoms with van der Waals surface area (Å²) in [4.78, 5) is 43.3. The number of fused-ring (bicyclic) bond motifs is 4. The van der Waals surface area contributed by atoms with E-state index in [0.29, 0.717) is 42.8 Å². The van der Waals surface area contributed by atoms with E-state index < -0.39 is 0 Å². The molecule has 2 bridgehead atoms. The summed E-state index contributed by atoms with van der Waals surface area (Å²) in [5, 5.41) is 10.6. The fourth-order valence-electron chi connectivity index (χ4n) is 10.6. The number of halogens is 1. The number of imidazole rings is 1. The summed E-state index contributed by atoms with van der Waals surface area (Å²) in [5.41, 5.74) is 8.48. The summed E-state index contributed by atoms with van der Waals surface area (Å²) in [6.07, 6.45) is 8.20. The number of ether oxygens (including phenoxy) is 2. The number of hydrogen-bond acceptors (Lipinski definition) is 9. The number of hydrogen-bond donors (Lipinski definition) is 1. The molecule has 0 spiro atoms. The number of esters is 1. The minimum absolute atomic E-state index is 0.0206. The quantitative estimate of drug-likeness (QED) is 0.182. The summed E-state index contributed by atoms with van der Waals surface area (Å²) in [6.45, 7) is 5.36. The number of aliphatic hydroxyl groups excluding tert-OH is 1. The number of carbonyl (C=O) groups excluding carboxylic acids is 2. The number of pyridine rings is 1. The van der Waals surface area contributed by atoms with E-state index in [-0.39, 0.29) is 28.8 Å². The Bertz CT molecular complexity index is 2190. The average Bonchev–Trinajstić information content (AvgIpc) is 4.06. The zero-order valence-corrected chi connectivity index (χ0v) is 33.4. The number of methoxy groups -OCH3 is 2. The van der Waals surface area contributed by atoms with E-state index in [1.54, 1.807) is 7.11 Å². The SMILES string of the molecule is COC(=O)C12CCC(CCN3CCc4c(nc(C(=O)N5CCc6c(-c7cccc(-c8ccc(CN9CC[C@@H](O)C9)c(OC)n8)c7Cl)cccc65)n4C)C3)(CC1)C2. The molecule has 1 amide bonds. The number of nitrogens with zero attached hydrogens (tertiary/aromatic N) is 6. The lowest BCUT2D eigenvalue weighted by molar-refractivity contribution is -0.152. The number of carbonyl (C=O) groups is 2. The maximum atomic E-state index is 14.3.